The van der Waals surface area contributed by atoms with Gasteiger partial charge in [0.1, 0.15) is 0 Å². The maximum atomic E-state index is 5.50. The molecular weight excluding hydrogens is 238 g/mol. The lowest BCUT2D eigenvalue weighted by Crippen LogP contribution is -2.11. The Morgan fingerprint density at radius 2 is 2.11 bits per heavy atom. The summed E-state index contributed by atoms with van der Waals surface area (Å²) in [5.74, 6) is 1.60. The van der Waals surface area contributed by atoms with Gasteiger partial charge in [0.2, 0.25) is 17.8 Å². The summed E-state index contributed by atoms with van der Waals surface area (Å²) in [5, 5.41) is 6.66. The second-order valence-corrected chi connectivity index (χ2v) is 3.42. The highest BCUT2D eigenvalue weighted by molar-refractivity contribution is 5.32. The summed E-state index contributed by atoms with van der Waals surface area (Å²) in [4.78, 5) is 15.7. The van der Waals surface area contributed by atoms with E-state index in [4.69, 9.17) is 15.0 Å². The third kappa shape index (κ3) is 3.03. The van der Waals surface area contributed by atoms with Crippen LogP contribution in [0.4, 0.5) is 11.9 Å². The van der Waals surface area contributed by atoms with Crippen LogP contribution in [0.3, 0.4) is 0 Å². The van der Waals surface area contributed by atoms with Crippen molar-refractivity contribution in [1.29, 1.82) is 0 Å². The number of nitrogen functional groups attached to an aromatic ring is 1. The number of anilines is 2. The van der Waals surface area contributed by atoms with E-state index in [1.807, 2.05) is 0 Å². The van der Waals surface area contributed by atoms with Crippen molar-refractivity contribution >= 4 is 11.9 Å². The highest BCUT2D eigenvalue weighted by atomic mass is 16.5. The van der Waals surface area contributed by atoms with Crippen LogP contribution in [-0.4, -0.2) is 38.7 Å². The third-order valence-electron chi connectivity index (χ3n) is 2.01. The standard InChI is InChI=1S/C9H13N7O2/c1-5-12-6(18-16-5)3-4-11-8-13-7(10)14-9(15-8)17-2/h3-4H2,1-2H3,(H3,10,11,13,14,15). The predicted octanol–water partition coefficient (Wildman–Crippen LogP) is -0.192. The van der Waals surface area contributed by atoms with Crippen LogP contribution in [-0.2, 0) is 6.42 Å². The maximum absolute atomic E-state index is 5.50. The van der Waals surface area contributed by atoms with Crippen LogP contribution in [0.25, 0.3) is 0 Å². The zero-order chi connectivity index (χ0) is 13.0. The number of hydrogen-bond donors (Lipinski definition) is 2. The molecule has 0 fully saturated rings. The summed E-state index contributed by atoms with van der Waals surface area (Å²) >= 11 is 0. The number of nitrogens with two attached hydrogens (primary N) is 1. The molecule has 0 aliphatic carbocycles. The summed E-state index contributed by atoms with van der Waals surface area (Å²) in [6.07, 6.45) is 0.564. The van der Waals surface area contributed by atoms with Gasteiger partial charge in [-0.05, 0) is 6.92 Å². The summed E-state index contributed by atoms with van der Waals surface area (Å²) in [6.45, 7) is 2.30. The molecule has 0 saturated heterocycles. The molecule has 2 aromatic rings. The first-order valence-electron chi connectivity index (χ1n) is 5.26. The molecule has 0 amide bonds. The zero-order valence-corrected chi connectivity index (χ0v) is 10.0. The number of aryl methyl sites for hydroxylation is 1. The molecule has 0 radical (unpaired) electrons. The lowest BCUT2D eigenvalue weighted by Gasteiger charge is -2.04. The Bertz CT molecular complexity index is 527. The van der Waals surface area contributed by atoms with Gasteiger partial charge in [0, 0.05) is 13.0 Å². The molecule has 0 unspecified atom stereocenters. The van der Waals surface area contributed by atoms with Crippen molar-refractivity contribution in [2.45, 2.75) is 13.3 Å². The second-order valence-electron chi connectivity index (χ2n) is 3.42. The van der Waals surface area contributed by atoms with Crippen LogP contribution in [0.1, 0.15) is 11.7 Å². The molecular formula is C9H13N7O2. The van der Waals surface area contributed by atoms with E-state index < -0.39 is 0 Å². The molecule has 2 rings (SSSR count). The number of methoxy groups -OCH3 is 1. The Kier molecular flexibility index (Phi) is 3.51. The minimum Gasteiger partial charge on any atom is -0.467 e. The predicted molar refractivity (Wildman–Crippen MR) is 62.0 cm³/mol. The van der Waals surface area contributed by atoms with E-state index in [-0.39, 0.29) is 12.0 Å². The van der Waals surface area contributed by atoms with E-state index in [2.05, 4.69) is 30.4 Å². The molecule has 0 saturated carbocycles. The van der Waals surface area contributed by atoms with Gasteiger partial charge < -0.3 is 20.3 Å². The summed E-state index contributed by atoms with van der Waals surface area (Å²) in [5.41, 5.74) is 5.50. The molecule has 2 aromatic heterocycles. The van der Waals surface area contributed by atoms with E-state index in [1.54, 1.807) is 6.92 Å². The van der Waals surface area contributed by atoms with E-state index in [0.717, 1.165) is 0 Å². The normalized spacial score (nSPS) is 10.3. The van der Waals surface area contributed by atoms with Gasteiger partial charge in [-0.1, -0.05) is 5.16 Å². The minimum absolute atomic E-state index is 0.0954. The molecule has 96 valence electrons. The molecule has 18 heavy (non-hydrogen) atoms. The fourth-order valence-electron chi connectivity index (χ4n) is 1.27. The maximum Gasteiger partial charge on any atom is 0.322 e. The fourth-order valence-corrected chi connectivity index (χ4v) is 1.27. The van der Waals surface area contributed by atoms with Crippen LogP contribution in [0.5, 0.6) is 6.01 Å². The average Bonchev–Trinajstić information content (AvgIpc) is 2.74. The smallest absolute Gasteiger partial charge is 0.322 e. The average molecular weight is 251 g/mol. The number of hydrogen-bond acceptors (Lipinski definition) is 9. The largest absolute Gasteiger partial charge is 0.467 e. The lowest BCUT2D eigenvalue weighted by molar-refractivity contribution is 0.376. The Labute approximate surface area is 103 Å². The van der Waals surface area contributed by atoms with Gasteiger partial charge in [0.25, 0.3) is 0 Å². The Morgan fingerprint density at radius 1 is 1.28 bits per heavy atom. The quantitative estimate of drug-likeness (QED) is 0.743. The molecule has 0 atom stereocenters. The van der Waals surface area contributed by atoms with E-state index in [9.17, 15) is 0 Å². The van der Waals surface area contributed by atoms with Gasteiger partial charge in [-0.2, -0.15) is 19.9 Å². The van der Waals surface area contributed by atoms with Crippen LogP contribution < -0.4 is 15.8 Å². The van der Waals surface area contributed by atoms with Crippen molar-refractivity contribution in [2.75, 3.05) is 24.7 Å². The van der Waals surface area contributed by atoms with Gasteiger partial charge in [0.05, 0.1) is 7.11 Å². The summed E-state index contributed by atoms with van der Waals surface area (Å²) < 4.78 is 9.85. The highest BCUT2D eigenvalue weighted by Gasteiger charge is 2.05. The minimum atomic E-state index is 0.0954. The summed E-state index contributed by atoms with van der Waals surface area (Å²) in [6, 6.07) is 0.165. The first-order chi connectivity index (χ1) is 8.67. The molecule has 9 heteroatoms. The topological polar surface area (TPSA) is 125 Å². The molecule has 0 spiro atoms. The van der Waals surface area contributed by atoms with Crippen molar-refractivity contribution in [3.63, 3.8) is 0 Å². The van der Waals surface area contributed by atoms with Crippen LogP contribution in [0.2, 0.25) is 0 Å². The number of rotatable bonds is 5. The van der Waals surface area contributed by atoms with Crippen molar-refractivity contribution in [3.05, 3.63) is 11.7 Å². The van der Waals surface area contributed by atoms with Crippen molar-refractivity contribution in [3.8, 4) is 6.01 Å². The number of aromatic nitrogens is 5. The second kappa shape index (κ2) is 5.25. The van der Waals surface area contributed by atoms with Crippen molar-refractivity contribution in [1.82, 2.24) is 25.1 Å². The first-order valence-corrected chi connectivity index (χ1v) is 5.26. The highest BCUT2D eigenvalue weighted by Crippen LogP contribution is 2.08. The monoisotopic (exact) mass is 251 g/mol. The molecule has 0 aromatic carbocycles. The van der Waals surface area contributed by atoms with Crippen molar-refractivity contribution < 1.29 is 9.26 Å². The van der Waals surface area contributed by atoms with E-state index in [1.165, 1.54) is 7.11 Å². The number of nitrogens with zero attached hydrogens (tertiary/aromatic N) is 5. The Morgan fingerprint density at radius 3 is 2.78 bits per heavy atom. The van der Waals surface area contributed by atoms with Gasteiger partial charge in [-0.25, -0.2) is 0 Å². The Balaban J connectivity index is 1.91. The molecule has 2 heterocycles. The molecule has 9 nitrogen and oxygen atoms in total. The van der Waals surface area contributed by atoms with Gasteiger partial charge in [0.15, 0.2) is 5.82 Å². The van der Waals surface area contributed by atoms with E-state index in [0.29, 0.717) is 30.6 Å². The van der Waals surface area contributed by atoms with Crippen LogP contribution in [0, 0.1) is 6.92 Å². The molecule has 0 aliphatic rings. The summed E-state index contributed by atoms with van der Waals surface area (Å²) in [7, 11) is 1.46. The van der Waals surface area contributed by atoms with Gasteiger partial charge in [-0.3, -0.25) is 0 Å². The zero-order valence-electron chi connectivity index (χ0n) is 10.0. The fraction of sp³-hybridized carbons (Fsp3) is 0.444. The van der Waals surface area contributed by atoms with Gasteiger partial charge >= 0.3 is 6.01 Å². The molecule has 0 aliphatic heterocycles. The molecule has 0 bridgehead atoms. The van der Waals surface area contributed by atoms with Crippen LogP contribution >= 0.6 is 0 Å². The van der Waals surface area contributed by atoms with Crippen LogP contribution in [0.15, 0.2) is 4.52 Å². The first kappa shape index (κ1) is 12.0. The molecule has 3 N–H and O–H groups in total. The van der Waals surface area contributed by atoms with Crippen molar-refractivity contribution in [2.24, 2.45) is 0 Å². The number of ether oxygens (including phenoxy) is 1. The SMILES string of the molecule is COc1nc(N)nc(NCCc2nc(C)no2)n1. The Hall–Kier alpha value is -2.45. The van der Waals surface area contributed by atoms with Gasteiger partial charge in [-0.15, -0.1) is 0 Å². The third-order valence-corrected chi connectivity index (χ3v) is 2.01. The lowest BCUT2D eigenvalue weighted by atomic mass is 10.4. The van der Waals surface area contributed by atoms with E-state index >= 15 is 0 Å². The number of nitrogens with one attached hydrogen (secondary N) is 1.